The number of aryl methyl sites for hydroxylation is 1. The van der Waals surface area contributed by atoms with Crippen LogP contribution in [0.25, 0.3) is 10.9 Å². The van der Waals surface area contributed by atoms with Crippen LogP contribution in [0.1, 0.15) is 11.3 Å². The molecule has 0 aliphatic heterocycles. The molecule has 0 aliphatic carbocycles. The van der Waals surface area contributed by atoms with Crippen LogP contribution >= 0.6 is 46.3 Å². The average Bonchev–Trinajstić information content (AvgIpc) is 3.14. The number of pyridine rings is 2. The van der Waals surface area contributed by atoms with E-state index in [4.69, 9.17) is 27.9 Å². The molecule has 27 heavy (non-hydrogen) atoms. The molecule has 0 bridgehead atoms. The molecule has 0 radical (unpaired) electrons. The maximum Gasteiger partial charge on any atom is 0.154 e. The molecule has 0 N–H and O–H groups in total. The highest BCUT2D eigenvalue weighted by atomic mass is 35.5. The zero-order valence-corrected chi connectivity index (χ0v) is 17.3. The summed E-state index contributed by atoms with van der Waals surface area (Å²) < 4.78 is 7.02. The second-order valence-electron chi connectivity index (χ2n) is 5.68. The van der Waals surface area contributed by atoms with Crippen molar-refractivity contribution in [2.24, 2.45) is 0 Å². The third kappa shape index (κ3) is 4.04. The molecule has 136 valence electrons. The topological polar surface area (TPSA) is 47.9 Å². The van der Waals surface area contributed by atoms with Crippen molar-refractivity contribution in [1.29, 1.82) is 0 Å². The van der Waals surface area contributed by atoms with Gasteiger partial charge in [0.05, 0.1) is 10.0 Å². The molecule has 0 spiro atoms. The van der Waals surface area contributed by atoms with E-state index in [1.54, 1.807) is 41.7 Å². The van der Waals surface area contributed by atoms with Gasteiger partial charge in [0.1, 0.15) is 17.9 Å². The Morgan fingerprint density at radius 1 is 1.19 bits per heavy atom. The van der Waals surface area contributed by atoms with E-state index < -0.39 is 0 Å². The lowest BCUT2D eigenvalue weighted by atomic mass is 10.2. The van der Waals surface area contributed by atoms with Crippen LogP contribution in [0.2, 0.25) is 10.0 Å². The molecule has 4 nitrogen and oxygen atoms in total. The van der Waals surface area contributed by atoms with Gasteiger partial charge in [0.25, 0.3) is 0 Å². The number of rotatable bonds is 5. The minimum Gasteiger partial charge on any atom is -0.487 e. The molecule has 0 saturated carbocycles. The van der Waals surface area contributed by atoms with E-state index in [2.05, 4.69) is 21.0 Å². The number of benzene rings is 1. The van der Waals surface area contributed by atoms with Crippen molar-refractivity contribution in [2.75, 3.05) is 0 Å². The van der Waals surface area contributed by atoms with Crippen LogP contribution in [0.15, 0.2) is 57.5 Å². The molecular formula is C19H13Cl2N3OS2. The minimum atomic E-state index is 0.240. The predicted octanol–water partition coefficient (Wildman–Crippen LogP) is 6.43. The Labute approximate surface area is 174 Å². The van der Waals surface area contributed by atoms with Crippen LogP contribution in [-0.2, 0) is 6.61 Å². The van der Waals surface area contributed by atoms with Crippen LogP contribution in [0.5, 0.6) is 5.75 Å². The van der Waals surface area contributed by atoms with Crippen molar-refractivity contribution in [1.82, 2.24) is 15.0 Å². The van der Waals surface area contributed by atoms with Crippen molar-refractivity contribution in [3.05, 3.63) is 69.5 Å². The maximum absolute atomic E-state index is 6.19. The highest BCUT2D eigenvalue weighted by Gasteiger charge is 2.13. The Balaban J connectivity index is 1.70. The van der Waals surface area contributed by atoms with E-state index in [1.807, 2.05) is 30.5 Å². The summed E-state index contributed by atoms with van der Waals surface area (Å²) in [4.78, 5) is 14.1. The molecule has 0 atom stereocenters. The molecule has 0 saturated heterocycles. The van der Waals surface area contributed by atoms with E-state index in [0.717, 1.165) is 25.8 Å². The molecule has 0 unspecified atom stereocenters. The molecule has 0 aliphatic rings. The molecular weight excluding hydrogens is 421 g/mol. The summed E-state index contributed by atoms with van der Waals surface area (Å²) in [6, 6.07) is 7.96. The Bertz CT molecular complexity index is 1080. The van der Waals surface area contributed by atoms with Gasteiger partial charge in [-0.15, -0.1) is 11.3 Å². The third-order valence-electron chi connectivity index (χ3n) is 3.82. The fraction of sp³-hybridized carbons (Fsp3) is 0.105. The lowest BCUT2D eigenvalue weighted by molar-refractivity contribution is 0.309. The van der Waals surface area contributed by atoms with Gasteiger partial charge in [0, 0.05) is 45.5 Å². The van der Waals surface area contributed by atoms with Gasteiger partial charge in [-0.05, 0) is 19.1 Å². The maximum atomic E-state index is 6.19. The van der Waals surface area contributed by atoms with Crippen molar-refractivity contribution >= 4 is 57.2 Å². The number of thiazole rings is 1. The highest BCUT2D eigenvalue weighted by Crippen LogP contribution is 2.37. The molecule has 3 heterocycles. The van der Waals surface area contributed by atoms with Crippen LogP contribution in [0.4, 0.5) is 0 Å². The lowest BCUT2D eigenvalue weighted by Gasteiger charge is -2.13. The Kier molecular flexibility index (Phi) is 5.50. The first-order chi connectivity index (χ1) is 13.1. The van der Waals surface area contributed by atoms with E-state index in [-0.39, 0.29) is 6.61 Å². The number of para-hydroxylation sites is 1. The van der Waals surface area contributed by atoms with Gasteiger partial charge in [0.2, 0.25) is 0 Å². The summed E-state index contributed by atoms with van der Waals surface area (Å²) >= 11 is 15.6. The van der Waals surface area contributed by atoms with Crippen molar-refractivity contribution in [3.63, 3.8) is 0 Å². The van der Waals surface area contributed by atoms with Crippen LogP contribution < -0.4 is 4.74 Å². The van der Waals surface area contributed by atoms with Gasteiger partial charge in [0.15, 0.2) is 4.34 Å². The van der Waals surface area contributed by atoms with E-state index in [1.165, 1.54) is 0 Å². The second kappa shape index (κ2) is 8.02. The predicted molar refractivity (Wildman–Crippen MR) is 111 cm³/mol. The highest BCUT2D eigenvalue weighted by molar-refractivity contribution is 8.01. The molecule has 4 aromatic rings. The molecule has 0 fully saturated rings. The van der Waals surface area contributed by atoms with Gasteiger partial charge in [-0.3, -0.25) is 4.98 Å². The number of nitrogens with zero attached hydrogens (tertiary/aromatic N) is 3. The second-order valence-corrected chi connectivity index (χ2v) is 8.68. The lowest BCUT2D eigenvalue weighted by Crippen LogP contribution is -2.00. The van der Waals surface area contributed by atoms with Crippen molar-refractivity contribution in [2.45, 2.75) is 22.8 Å². The standard InChI is InChI=1S/C19H13Cl2N3OS2/c1-11-7-17(27-19-23-5-6-26-19)12-3-2-4-16(18(12)24-11)25-10-13-14(20)8-22-9-15(13)21/h2-9H,10H2,1H3. The number of hydrogen-bond acceptors (Lipinski definition) is 6. The fourth-order valence-corrected chi connectivity index (χ4v) is 4.86. The molecule has 8 heteroatoms. The first-order valence-corrected chi connectivity index (χ1v) is 10.5. The third-order valence-corrected chi connectivity index (χ3v) is 6.42. The summed E-state index contributed by atoms with van der Waals surface area (Å²) in [6.45, 7) is 2.21. The van der Waals surface area contributed by atoms with E-state index >= 15 is 0 Å². The van der Waals surface area contributed by atoms with Crippen LogP contribution in [0.3, 0.4) is 0 Å². The first-order valence-electron chi connectivity index (χ1n) is 8.00. The quantitative estimate of drug-likeness (QED) is 0.362. The smallest absolute Gasteiger partial charge is 0.154 e. The van der Waals surface area contributed by atoms with Gasteiger partial charge in [-0.25, -0.2) is 9.97 Å². The number of ether oxygens (including phenoxy) is 1. The van der Waals surface area contributed by atoms with Crippen LogP contribution in [-0.4, -0.2) is 15.0 Å². The zero-order chi connectivity index (χ0) is 18.8. The largest absolute Gasteiger partial charge is 0.487 e. The fourth-order valence-electron chi connectivity index (χ4n) is 2.59. The zero-order valence-electron chi connectivity index (χ0n) is 14.1. The summed E-state index contributed by atoms with van der Waals surface area (Å²) in [5, 5.41) is 3.94. The van der Waals surface area contributed by atoms with Crippen LogP contribution in [0, 0.1) is 6.92 Å². The normalized spacial score (nSPS) is 11.1. The van der Waals surface area contributed by atoms with Crippen molar-refractivity contribution in [3.8, 4) is 5.75 Å². The summed E-state index contributed by atoms with van der Waals surface area (Å²) in [5.41, 5.74) is 2.42. The van der Waals surface area contributed by atoms with Gasteiger partial charge < -0.3 is 4.74 Å². The molecule has 1 aromatic carbocycles. The van der Waals surface area contributed by atoms with Gasteiger partial charge in [-0.2, -0.15) is 0 Å². The van der Waals surface area contributed by atoms with E-state index in [9.17, 15) is 0 Å². The first kappa shape index (κ1) is 18.5. The summed E-state index contributed by atoms with van der Waals surface area (Å²) in [5.74, 6) is 0.682. The summed E-state index contributed by atoms with van der Waals surface area (Å²) in [7, 11) is 0. The Hall–Kier alpha value is -1.86. The number of fused-ring (bicyclic) bond motifs is 1. The average molecular weight is 434 g/mol. The van der Waals surface area contributed by atoms with Gasteiger partial charge >= 0.3 is 0 Å². The molecule has 4 rings (SSSR count). The Morgan fingerprint density at radius 2 is 2.00 bits per heavy atom. The summed E-state index contributed by atoms with van der Waals surface area (Å²) in [6.07, 6.45) is 4.92. The van der Waals surface area contributed by atoms with Gasteiger partial charge in [-0.1, -0.05) is 47.1 Å². The SMILES string of the molecule is Cc1cc(Sc2nccs2)c2cccc(OCc3c(Cl)cncc3Cl)c2n1. The Morgan fingerprint density at radius 3 is 2.74 bits per heavy atom. The van der Waals surface area contributed by atoms with E-state index in [0.29, 0.717) is 21.4 Å². The molecule has 0 amide bonds. The number of hydrogen-bond donors (Lipinski definition) is 0. The molecule has 3 aromatic heterocycles. The van der Waals surface area contributed by atoms with Crippen molar-refractivity contribution < 1.29 is 4.74 Å². The number of halogens is 2. The monoisotopic (exact) mass is 433 g/mol. The number of aromatic nitrogens is 3. The minimum absolute atomic E-state index is 0.240.